The molecule has 1 heterocycles. The Morgan fingerprint density at radius 2 is 1.59 bits per heavy atom. The number of carbonyl (C=O) groups is 1. The molecule has 0 spiro atoms. The van der Waals surface area contributed by atoms with Crippen molar-refractivity contribution in [2.45, 2.75) is 4.90 Å². The molecule has 1 amide bonds. The SMILES string of the molecule is O=C(NO)c1ccccc1S(=O)(=O)N1CCN(c2cc(Cl)cc(Cl)c2)CC1. The van der Waals surface area contributed by atoms with Gasteiger partial charge in [0.2, 0.25) is 10.0 Å². The fraction of sp³-hybridized carbons (Fsp3) is 0.235. The fourth-order valence-electron chi connectivity index (χ4n) is 2.99. The number of halogens is 2. The molecule has 0 atom stereocenters. The molecular weight excluding hydrogens is 413 g/mol. The maximum atomic E-state index is 13.0. The second-order valence-corrected chi connectivity index (χ2v) is 8.74. The molecule has 0 aromatic heterocycles. The predicted molar refractivity (Wildman–Crippen MR) is 103 cm³/mol. The van der Waals surface area contributed by atoms with E-state index in [9.17, 15) is 13.2 Å². The highest BCUT2D eigenvalue weighted by atomic mass is 35.5. The third-order valence-corrected chi connectivity index (χ3v) is 6.70. The summed E-state index contributed by atoms with van der Waals surface area (Å²) in [6.07, 6.45) is 0. The maximum absolute atomic E-state index is 13.0. The molecule has 1 saturated heterocycles. The van der Waals surface area contributed by atoms with Gasteiger partial charge in [-0.3, -0.25) is 10.0 Å². The van der Waals surface area contributed by atoms with Gasteiger partial charge in [0.15, 0.2) is 0 Å². The van der Waals surface area contributed by atoms with Crippen molar-refractivity contribution in [2.24, 2.45) is 0 Å². The van der Waals surface area contributed by atoms with Gasteiger partial charge < -0.3 is 4.90 Å². The van der Waals surface area contributed by atoms with Gasteiger partial charge >= 0.3 is 0 Å². The van der Waals surface area contributed by atoms with Crippen LogP contribution in [0, 0.1) is 0 Å². The lowest BCUT2D eigenvalue weighted by atomic mass is 10.2. The standard InChI is InChI=1S/C17H17Cl2N3O4S/c18-12-9-13(19)11-14(10-12)21-5-7-22(8-6-21)27(25,26)16-4-2-1-3-15(16)17(23)20-24/h1-4,9-11,24H,5-8H2,(H,20,23). The van der Waals surface area contributed by atoms with E-state index in [1.54, 1.807) is 18.2 Å². The number of nitrogens with one attached hydrogen (secondary N) is 1. The molecule has 7 nitrogen and oxygen atoms in total. The summed E-state index contributed by atoms with van der Waals surface area (Å²) in [5.74, 6) is -0.874. The van der Waals surface area contributed by atoms with Crippen molar-refractivity contribution in [1.29, 1.82) is 0 Å². The van der Waals surface area contributed by atoms with Crippen LogP contribution in [0.1, 0.15) is 10.4 Å². The lowest BCUT2D eigenvalue weighted by Gasteiger charge is -2.35. The van der Waals surface area contributed by atoms with Gasteiger partial charge in [0.25, 0.3) is 5.91 Å². The van der Waals surface area contributed by atoms with Crippen LogP contribution in [-0.4, -0.2) is 50.0 Å². The van der Waals surface area contributed by atoms with E-state index in [0.717, 1.165) is 5.69 Å². The number of hydrogen-bond acceptors (Lipinski definition) is 5. The Bertz CT molecular complexity index is 940. The molecule has 144 valence electrons. The molecule has 0 unspecified atom stereocenters. The zero-order chi connectivity index (χ0) is 19.6. The Labute approximate surface area is 167 Å². The number of hydroxylamine groups is 1. The van der Waals surface area contributed by atoms with Gasteiger partial charge in [-0.05, 0) is 30.3 Å². The summed E-state index contributed by atoms with van der Waals surface area (Å²) >= 11 is 12.1. The van der Waals surface area contributed by atoms with Crippen LogP contribution < -0.4 is 10.4 Å². The number of anilines is 1. The minimum absolute atomic E-state index is 0.107. The Balaban J connectivity index is 1.80. The van der Waals surface area contributed by atoms with E-state index in [-0.39, 0.29) is 23.5 Å². The van der Waals surface area contributed by atoms with Crippen molar-refractivity contribution in [2.75, 3.05) is 31.1 Å². The highest BCUT2D eigenvalue weighted by Crippen LogP contribution is 2.28. The molecule has 1 fully saturated rings. The molecule has 1 aliphatic heterocycles. The van der Waals surface area contributed by atoms with Crippen LogP contribution in [0.5, 0.6) is 0 Å². The van der Waals surface area contributed by atoms with Gasteiger partial charge in [-0.2, -0.15) is 4.31 Å². The highest BCUT2D eigenvalue weighted by Gasteiger charge is 2.31. The molecule has 2 aromatic carbocycles. The third kappa shape index (κ3) is 4.20. The molecule has 0 aliphatic carbocycles. The Morgan fingerprint density at radius 3 is 2.19 bits per heavy atom. The number of benzene rings is 2. The average Bonchev–Trinajstić information content (AvgIpc) is 2.66. The summed E-state index contributed by atoms with van der Waals surface area (Å²) in [6, 6.07) is 11.0. The number of amides is 1. The number of piperazine rings is 1. The lowest BCUT2D eigenvalue weighted by molar-refractivity contribution is 0.0702. The summed E-state index contributed by atoms with van der Waals surface area (Å²) in [6.45, 7) is 1.37. The average molecular weight is 430 g/mol. The summed E-state index contributed by atoms with van der Waals surface area (Å²) in [5.41, 5.74) is 2.20. The first kappa shape index (κ1) is 19.9. The number of nitrogens with zero attached hydrogens (tertiary/aromatic N) is 2. The lowest BCUT2D eigenvalue weighted by Crippen LogP contribution is -2.49. The Morgan fingerprint density at radius 1 is 1.00 bits per heavy atom. The van der Waals surface area contributed by atoms with Crippen molar-refractivity contribution in [1.82, 2.24) is 9.79 Å². The smallest absolute Gasteiger partial charge is 0.276 e. The van der Waals surface area contributed by atoms with Crippen molar-refractivity contribution >= 4 is 44.8 Å². The zero-order valence-electron chi connectivity index (χ0n) is 14.1. The van der Waals surface area contributed by atoms with E-state index in [1.807, 2.05) is 4.90 Å². The normalized spacial score (nSPS) is 15.6. The Kier molecular flexibility index (Phi) is 5.92. The van der Waals surface area contributed by atoms with E-state index in [1.165, 1.54) is 34.1 Å². The van der Waals surface area contributed by atoms with Crippen LogP contribution in [0.15, 0.2) is 47.4 Å². The summed E-state index contributed by atoms with van der Waals surface area (Å²) in [4.78, 5) is 13.6. The third-order valence-electron chi connectivity index (χ3n) is 4.30. The molecule has 0 bridgehead atoms. The van der Waals surface area contributed by atoms with E-state index >= 15 is 0 Å². The minimum atomic E-state index is -3.89. The molecule has 1 aliphatic rings. The van der Waals surface area contributed by atoms with Crippen molar-refractivity contribution in [3.63, 3.8) is 0 Å². The van der Waals surface area contributed by atoms with Gasteiger partial charge in [0.1, 0.15) is 0 Å². The van der Waals surface area contributed by atoms with Crippen LogP contribution in [0.4, 0.5) is 5.69 Å². The number of rotatable bonds is 4. The van der Waals surface area contributed by atoms with Crippen LogP contribution in [0.3, 0.4) is 0 Å². The molecular formula is C17H17Cl2N3O4S. The highest BCUT2D eigenvalue weighted by molar-refractivity contribution is 7.89. The summed E-state index contributed by atoms with van der Waals surface area (Å²) in [7, 11) is -3.89. The second kappa shape index (κ2) is 8.04. The molecule has 0 radical (unpaired) electrons. The predicted octanol–water partition coefficient (Wildman–Crippen LogP) is 2.62. The van der Waals surface area contributed by atoms with Gasteiger partial charge in [-0.25, -0.2) is 13.9 Å². The van der Waals surface area contributed by atoms with Crippen LogP contribution in [-0.2, 0) is 10.0 Å². The van der Waals surface area contributed by atoms with E-state index < -0.39 is 15.9 Å². The monoisotopic (exact) mass is 429 g/mol. The summed E-state index contributed by atoms with van der Waals surface area (Å²) < 4.78 is 27.3. The van der Waals surface area contributed by atoms with Gasteiger partial charge in [-0.1, -0.05) is 35.3 Å². The molecule has 2 N–H and O–H groups in total. The van der Waals surface area contributed by atoms with Crippen molar-refractivity contribution in [3.8, 4) is 0 Å². The number of hydrogen-bond donors (Lipinski definition) is 2. The second-order valence-electron chi connectivity index (χ2n) is 5.96. The van der Waals surface area contributed by atoms with Crippen molar-refractivity contribution < 1.29 is 18.4 Å². The first-order chi connectivity index (χ1) is 12.8. The minimum Gasteiger partial charge on any atom is -0.369 e. The molecule has 3 rings (SSSR count). The molecule has 2 aromatic rings. The van der Waals surface area contributed by atoms with E-state index in [0.29, 0.717) is 23.1 Å². The van der Waals surface area contributed by atoms with Crippen LogP contribution in [0.25, 0.3) is 0 Å². The summed E-state index contributed by atoms with van der Waals surface area (Å²) in [5, 5.41) is 9.88. The van der Waals surface area contributed by atoms with Crippen LogP contribution >= 0.6 is 23.2 Å². The molecule has 0 saturated carbocycles. The first-order valence-electron chi connectivity index (χ1n) is 8.07. The zero-order valence-corrected chi connectivity index (χ0v) is 16.4. The largest absolute Gasteiger partial charge is 0.369 e. The van der Waals surface area contributed by atoms with E-state index in [2.05, 4.69) is 0 Å². The maximum Gasteiger partial charge on any atom is 0.276 e. The van der Waals surface area contributed by atoms with E-state index in [4.69, 9.17) is 28.4 Å². The van der Waals surface area contributed by atoms with Gasteiger partial charge in [0.05, 0.1) is 10.5 Å². The quantitative estimate of drug-likeness (QED) is 0.575. The van der Waals surface area contributed by atoms with Gasteiger partial charge in [-0.15, -0.1) is 0 Å². The van der Waals surface area contributed by atoms with Crippen molar-refractivity contribution in [3.05, 3.63) is 58.1 Å². The number of sulfonamides is 1. The Hall–Kier alpha value is -1.84. The molecule has 27 heavy (non-hydrogen) atoms. The van der Waals surface area contributed by atoms with Gasteiger partial charge in [0, 0.05) is 41.9 Å². The van der Waals surface area contributed by atoms with Crippen LogP contribution in [0.2, 0.25) is 10.0 Å². The topological polar surface area (TPSA) is 89.9 Å². The number of carbonyl (C=O) groups excluding carboxylic acids is 1. The fourth-order valence-corrected chi connectivity index (χ4v) is 5.11. The first-order valence-corrected chi connectivity index (χ1v) is 10.3. The molecule has 10 heteroatoms.